The van der Waals surface area contributed by atoms with Crippen LogP contribution in [0.25, 0.3) is 0 Å². The Bertz CT molecular complexity index is 540. The molecule has 0 aliphatic rings. The van der Waals surface area contributed by atoms with E-state index in [1.165, 1.54) is 5.56 Å². The van der Waals surface area contributed by atoms with E-state index in [-0.39, 0.29) is 18.5 Å². The molecule has 5 heteroatoms. The highest BCUT2D eigenvalue weighted by molar-refractivity contribution is 5.78. The van der Waals surface area contributed by atoms with Gasteiger partial charge in [-0.2, -0.15) is 0 Å². The van der Waals surface area contributed by atoms with Crippen molar-refractivity contribution in [3.8, 4) is 0 Å². The summed E-state index contributed by atoms with van der Waals surface area (Å²) in [6, 6.07) is 8.26. The van der Waals surface area contributed by atoms with Crippen LogP contribution in [0.3, 0.4) is 0 Å². The molecular formula is C19H30N2O3. The molecule has 2 unspecified atom stereocenters. The second-order valence-corrected chi connectivity index (χ2v) is 7.06. The van der Waals surface area contributed by atoms with E-state index in [1.54, 1.807) is 18.9 Å². The van der Waals surface area contributed by atoms with Gasteiger partial charge in [-0.15, -0.1) is 0 Å². The number of nitrogens with zero attached hydrogens (tertiary/aromatic N) is 1. The van der Waals surface area contributed by atoms with Crippen LogP contribution in [0.2, 0.25) is 0 Å². The monoisotopic (exact) mass is 334 g/mol. The number of likely N-dealkylation sites (N-methyl/N-ethyl adjacent to an activating group) is 1. The van der Waals surface area contributed by atoms with Crippen molar-refractivity contribution in [1.82, 2.24) is 10.2 Å². The summed E-state index contributed by atoms with van der Waals surface area (Å²) in [4.78, 5) is 24.7. The molecule has 0 saturated heterocycles. The minimum Gasteiger partial charge on any atom is -0.481 e. The Hall–Kier alpha value is -1.88. The van der Waals surface area contributed by atoms with Crippen LogP contribution in [-0.2, 0) is 16.0 Å². The van der Waals surface area contributed by atoms with E-state index in [2.05, 4.69) is 43.4 Å². The lowest BCUT2D eigenvalue weighted by Gasteiger charge is -2.20. The van der Waals surface area contributed by atoms with Gasteiger partial charge in [0.1, 0.15) is 0 Å². The summed E-state index contributed by atoms with van der Waals surface area (Å²) >= 11 is 0. The molecule has 0 bridgehead atoms. The van der Waals surface area contributed by atoms with Gasteiger partial charge in [-0.05, 0) is 37.4 Å². The molecule has 134 valence electrons. The van der Waals surface area contributed by atoms with E-state index in [9.17, 15) is 9.59 Å². The largest absolute Gasteiger partial charge is 0.481 e. The topological polar surface area (TPSA) is 69.6 Å². The number of hydrogen-bond donors (Lipinski definition) is 2. The third-order valence-electron chi connectivity index (χ3n) is 3.92. The number of carboxylic acids is 1. The molecule has 0 radical (unpaired) electrons. The summed E-state index contributed by atoms with van der Waals surface area (Å²) in [6.07, 6.45) is 1.05. The molecule has 0 heterocycles. The summed E-state index contributed by atoms with van der Waals surface area (Å²) < 4.78 is 0. The van der Waals surface area contributed by atoms with Crippen molar-refractivity contribution in [3.63, 3.8) is 0 Å². The maximum absolute atomic E-state index is 12.1. The molecule has 0 aromatic heterocycles. The number of amides is 1. The van der Waals surface area contributed by atoms with Crippen LogP contribution in [0.1, 0.15) is 44.9 Å². The molecule has 0 spiro atoms. The maximum Gasteiger partial charge on any atom is 0.307 e. The lowest BCUT2D eigenvalue weighted by atomic mass is 10.00. The lowest BCUT2D eigenvalue weighted by Crippen LogP contribution is -2.39. The minimum absolute atomic E-state index is 0.0732. The number of nitrogens with one attached hydrogen (secondary N) is 1. The third-order valence-corrected chi connectivity index (χ3v) is 3.92. The van der Waals surface area contributed by atoms with Gasteiger partial charge in [0.25, 0.3) is 0 Å². The van der Waals surface area contributed by atoms with Crippen molar-refractivity contribution in [3.05, 3.63) is 35.4 Å². The van der Waals surface area contributed by atoms with E-state index in [1.807, 2.05) is 6.92 Å². The fraction of sp³-hybridized carbons (Fsp3) is 0.579. The fourth-order valence-electron chi connectivity index (χ4n) is 2.64. The van der Waals surface area contributed by atoms with E-state index < -0.39 is 11.9 Å². The van der Waals surface area contributed by atoms with Crippen molar-refractivity contribution in [1.29, 1.82) is 0 Å². The number of carbonyl (C=O) groups excluding carboxylic acids is 1. The predicted molar refractivity (Wildman–Crippen MR) is 95.8 cm³/mol. The number of carbonyl (C=O) groups is 2. The van der Waals surface area contributed by atoms with E-state index in [4.69, 9.17) is 5.11 Å². The van der Waals surface area contributed by atoms with E-state index >= 15 is 0 Å². The van der Waals surface area contributed by atoms with Gasteiger partial charge in [-0.1, -0.05) is 45.0 Å². The normalized spacial score (nSPS) is 13.8. The standard InChI is InChI=1S/C19H30N2O3/c1-13(2)10-16-6-8-17(9-7-16)15(4)20-18(22)12-21(5)11-14(3)19(23)24/h6-9,13-15H,10-12H2,1-5H3,(H,20,22)(H,23,24). The second kappa shape index (κ2) is 9.42. The molecule has 0 aliphatic heterocycles. The van der Waals surface area contributed by atoms with Gasteiger partial charge in [0.2, 0.25) is 5.91 Å². The quantitative estimate of drug-likeness (QED) is 0.728. The molecule has 0 fully saturated rings. The summed E-state index contributed by atoms with van der Waals surface area (Å²) in [5, 5.41) is 11.9. The summed E-state index contributed by atoms with van der Waals surface area (Å²) in [5.74, 6) is -0.823. The van der Waals surface area contributed by atoms with Gasteiger partial charge < -0.3 is 10.4 Å². The molecule has 1 aromatic carbocycles. The van der Waals surface area contributed by atoms with Gasteiger partial charge in [0, 0.05) is 6.54 Å². The highest BCUT2D eigenvalue weighted by Crippen LogP contribution is 2.15. The van der Waals surface area contributed by atoms with Crippen LogP contribution in [0.4, 0.5) is 0 Å². The zero-order chi connectivity index (χ0) is 18.3. The molecule has 2 N–H and O–H groups in total. The van der Waals surface area contributed by atoms with Crippen molar-refractivity contribution in [2.24, 2.45) is 11.8 Å². The molecular weight excluding hydrogens is 304 g/mol. The Labute approximate surface area is 145 Å². The smallest absolute Gasteiger partial charge is 0.307 e. The SMILES string of the molecule is CC(C)Cc1ccc(C(C)NC(=O)CN(C)CC(C)C(=O)O)cc1. The molecule has 2 atom stereocenters. The zero-order valence-electron chi connectivity index (χ0n) is 15.4. The van der Waals surface area contributed by atoms with Crippen LogP contribution in [0.15, 0.2) is 24.3 Å². The first-order valence-electron chi connectivity index (χ1n) is 8.48. The lowest BCUT2D eigenvalue weighted by molar-refractivity contribution is -0.142. The predicted octanol–water partition coefficient (Wildman–Crippen LogP) is 2.71. The van der Waals surface area contributed by atoms with Crippen molar-refractivity contribution >= 4 is 11.9 Å². The Morgan fingerprint density at radius 1 is 1.12 bits per heavy atom. The highest BCUT2D eigenvalue weighted by Gasteiger charge is 2.16. The summed E-state index contributed by atoms with van der Waals surface area (Å²) in [7, 11) is 1.75. The van der Waals surface area contributed by atoms with Gasteiger partial charge >= 0.3 is 5.97 Å². The zero-order valence-corrected chi connectivity index (χ0v) is 15.4. The van der Waals surface area contributed by atoms with Gasteiger partial charge in [0.05, 0.1) is 18.5 Å². The number of rotatable bonds is 9. The van der Waals surface area contributed by atoms with Crippen LogP contribution in [0.5, 0.6) is 0 Å². The van der Waals surface area contributed by atoms with E-state index in [0.29, 0.717) is 12.5 Å². The molecule has 1 aromatic rings. The van der Waals surface area contributed by atoms with Crippen LogP contribution in [-0.4, -0.2) is 42.0 Å². The molecule has 5 nitrogen and oxygen atoms in total. The number of carboxylic acid groups (broad SMARTS) is 1. The Kier molecular flexibility index (Phi) is 7.92. The maximum atomic E-state index is 12.1. The Morgan fingerprint density at radius 3 is 2.21 bits per heavy atom. The Balaban J connectivity index is 2.50. The number of aliphatic carboxylic acids is 1. The van der Waals surface area contributed by atoms with Crippen molar-refractivity contribution in [2.45, 2.75) is 40.2 Å². The molecule has 1 amide bonds. The van der Waals surface area contributed by atoms with Crippen LogP contribution < -0.4 is 5.32 Å². The number of hydrogen-bond acceptors (Lipinski definition) is 3. The van der Waals surface area contributed by atoms with Gasteiger partial charge in [0.15, 0.2) is 0 Å². The summed E-state index contributed by atoms with van der Waals surface area (Å²) in [5.41, 5.74) is 2.37. The molecule has 0 saturated carbocycles. The first-order valence-corrected chi connectivity index (χ1v) is 8.48. The van der Waals surface area contributed by atoms with E-state index in [0.717, 1.165) is 12.0 Å². The number of benzene rings is 1. The molecule has 24 heavy (non-hydrogen) atoms. The van der Waals surface area contributed by atoms with Crippen LogP contribution >= 0.6 is 0 Å². The molecule has 1 rings (SSSR count). The van der Waals surface area contributed by atoms with Crippen molar-refractivity contribution < 1.29 is 14.7 Å². The Morgan fingerprint density at radius 2 is 1.71 bits per heavy atom. The summed E-state index contributed by atoms with van der Waals surface area (Å²) in [6.45, 7) is 8.51. The van der Waals surface area contributed by atoms with Crippen LogP contribution in [0, 0.1) is 11.8 Å². The third kappa shape index (κ3) is 7.13. The first-order chi connectivity index (χ1) is 11.2. The first kappa shape index (κ1) is 20.2. The average Bonchev–Trinajstić information content (AvgIpc) is 2.46. The minimum atomic E-state index is -0.850. The van der Waals surface area contributed by atoms with Gasteiger partial charge in [-0.3, -0.25) is 14.5 Å². The fourth-order valence-corrected chi connectivity index (χ4v) is 2.64. The second-order valence-electron chi connectivity index (χ2n) is 7.06. The highest BCUT2D eigenvalue weighted by atomic mass is 16.4. The molecule has 0 aliphatic carbocycles. The average molecular weight is 334 g/mol. The van der Waals surface area contributed by atoms with Gasteiger partial charge in [-0.25, -0.2) is 0 Å². The van der Waals surface area contributed by atoms with Crippen molar-refractivity contribution in [2.75, 3.05) is 20.1 Å².